The van der Waals surface area contributed by atoms with E-state index in [1.165, 1.54) is 28.8 Å². The quantitative estimate of drug-likeness (QED) is 0.597. The van der Waals surface area contributed by atoms with E-state index >= 15 is 0 Å². The Hall–Kier alpha value is -2.32. The Kier molecular flexibility index (Phi) is 4.94. The van der Waals surface area contributed by atoms with Crippen molar-refractivity contribution in [2.24, 2.45) is 0 Å². The first kappa shape index (κ1) is 17.1. The van der Waals surface area contributed by atoms with E-state index in [4.69, 9.17) is 0 Å². The van der Waals surface area contributed by atoms with Gasteiger partial charge in [0.25, 0.3) is 0 Å². The molecule has 3 aromatic rings. The van der Waals surface area contributed by atoms with Crippen molar-refractivity contribution in [3.8, 4) is 0 Å². The fourth-order valence-corrected chi connectivity index (χ4v) is 4.07. The van der Waals surface area contributed by atoms with E-state index in [2.05, 4.69) is 96.2 Å². The maximum absolute atomic E-state index is 2.64. The molecule has 4 rings (SSSR count). The summed E-state index contributed by atoms with van der Waals surface area (Å²) < 4.78 is 2.43. The maximum Gasteiger partial charge on any atom is 0.0759 e. The summed E-state index contributed by atoms with van der Waals surface area (Å²) in [7, 11) is 0. The average Bonchev–Trinajstić information content (AvgIpc) is 3.04. The second kappa shape index (κ2) is 7.51. The van der Waals surface area contributed by atoms with Gasteiger partial charge in [0, 0.05) is 31.5 Å². The van der Waals surface area contributed by atoms with Crippen LogP contribution in [0, 0.1) is 0 Å². The number of rotatable bonds is 4. The molecule has 1 unspecified atom stereocenters. The Balaban J connectivity index is 1.66. The molecule has 2 heteroatoms. The van der Waals surface area contributed by atoms with Crippen molar-refractivity contribution < 1.29 is 0 Å². The lowest BCUT2D eigenvalue weighted by molar-refractivity contribution is 0.220. The fourth-order valence-electron chi connectivity index (χ4n) is 4.07. The third-order valence-corrected chi connectivity index (χ3v) is 5.50. The summed E-state index contributed by atoms with van der Waals surface area (Å²) in [5.41, 5.74) is 5.61. The topological polar surface area (TPSA) is 8.17 Å². The van der Waals surface area contributed by atoms with Crippen LogP contribution >= 0.6 is 0 Å². The summed E-state index contributed by atoms with van der Waals surface area (Å²) in [6.45, 7) is 7.72. The maximum atomic E-state index is 2.64. The molecule has 1 aliphatic heterocycles. The molecular weight excluding hydrogens is 316 g/mol. The van der Waals surface area contributed by atoms with E-state index < -0.39 is 0 Å². The number of aromatic nitrogens is 1. The van der Waals surface area contributed by atoms with E-state index in [9.17, 15) is 0 Å². The second-order valence-corrected chi connectivity index (χ2v) is 7.66. The van der Waals surface area contributed by atoms with Crippen LogP contribution in [0.5, 0.6) is 0 Å². The van der Waals surface area contributed by atoms with Crippen LogP contribution < -0.4 is 0 Å². The summed E-state index contributed by atoms with van der Waals surface area (Å²) in [5.74, 6) is 0.586. The third-order valence-electron chi connectivity index (χ3n) is 5.50. The Labute approximate surface area is 157 Å². The predicted molar refractivity (Wildman–Crippen MR) is 108 cm³/mol. The molecule has 26 heavy (non-hydrogen) atoms. The number of fused-ring (bicyclic) bond motifs is 1. The lowest BCUT2D eigenvalue weighted by Gasteiger charge is -2.30. The van der Waals surface area contributed by atoms with Gasteiger partial charge in [0.15, 0.2) is 0 Å². The normalized spacial score (nSPS) is 17.9. The van der Waals surface area contributed by atoms with Gasteiger partial charge in [-0.15, -0.1) is 0 Å². The number of hydrogen-bond acceptors (Lipinski definition) is 1. The largest absolute Gasteiger partial charge is 0.350 e. The Morgan fingerprint density at radius 3 is 2.38 bits per heavy atom. The molecule has 0 spiro atoms. The first-order valence-corrected chi connectivity index (χ1v) is 9.75. The van der Waals surface area contributed by atoms with Gasteiger partial charge in [-0.2, -0.15) is 0 Å². The summed E-state index contributed by atoms with van der Waals surface area (Å²) in [4.78, 5) is 2.64. The summed E-state index contributed by atoms with van der Waals surface area (Å²) in [6.07, 6.45) is 3.42. The SMILES string of the molecule is CC(C)c1ccc(CN2CCCn3cccc3C2c2ccccc2)cc1. The highest BCUT2D eigenvalue weighted by Crippen LogP contribution is 2.33. The number of aryl methyl sites for hydroxylation is 1. The minimum Gasteiger partial charge on any atom is -0.350 e. The minimum atomic E-state index is 0.318. The molecule has 0 saturated carbocycles. The van der Waals surface area contributed by atoms with Crippen molar-refractivity contribution >= 4 is 0 Å². The van der Waals surface area contributed by atoms with E-state index in [1.807, 2.05) is 0 Å². The van der Waals surface area contributed by atoms with Gasteiger partial charge >= 0.3 is 0 Å². The van der Waals surface area contributed by atoms with Gasteiger partial charge in [-0.25, -0.2) is 0 Å². The molecule has 1 aromatic heterocycles. The van der Waals surface area contributed by atoms with Crippen molar-refractivity contribution in [3.63, 3.8) is 0 Å². The van der Waals surface area contributed by atoms with Crippen LogP contribution in [0.15, 0.2) is 72.9 Å². The lowest BCUT2D eigenvalue weighted by Crippen LogP contribution is -2.29. The zero-order chi connectivity index (χ0) is 17.9. The highest BCUT2D eigenvalue weighted by molar-refractivity contribution is 5.31. The molecule has 0 amide bonds. The molecule has 2 heterocycles. The van der Waals surface area contributed by atoms with Crippen LogP contribution in [0.4, 0.5) is 0 Å². The molecule has 0 bridgehead atoms. The van der Waals surface area contributed by atoms with Gasteiger partial charge in [0.05, 0.1) is 6.04 Å². The Morgan fingerprint density at radius 1 is 0.885 bits per heavy atom. The van der Waals surface area contributed by atoms with Crippen molar-refractivity contribution in [1.82, 2.24) is 9.47 Å². The van der Waals surface area contributed by atoms with Crippen LogP contribution in [-0.4, -0.2) is 16.0 Å². The summed E-state index contributed by atoms with van der Waals surface area (Å²) in [6, 6.07) is 24.9. The number of nitrogens with zero attached hydrogens (tertiary/aromatic N) is 2. The van der Waals surface area contributed by atoms with Crippen LogP contribution in [0.3, 0.4) is 0 Å². The third kappa shape index (κ3) is 3.47. The van der Waals surface area contributed by atoms with Crippen LogP contribution in [0.1, 0.15) is 54.6 Å². The summed E-state index contributed by atoms with van der Waals surface area (Å²) in [5, 5.41) is 0. The van der Waals surface area contributed by atoms with Crippen LogP contribution in [0.2, 0.25) is 0 Å². The highest BCUT2D eigenvalue weighted by Gasteiger charge is 2.27. The molecular formula is C24H28N2. The summed E-state index contributed by atoms with van der Waals surface area (Å²) >= 11 is 0. The van der Waals surface area contributed by atoms with Gasteiger partial charge in [0.2, 0.25) is 0 Å². The molecule has 0 aliphatic carbocycles. The monoisotopic (exact) mass is 344 g/mol. The fraction of sp³-hybridized carbons (Fsp3) is 0.333. The zero-order valence-electron chi connectivity index (χ0n) is 15.8. The van der Waals surface area contributed by atoms with Crippen molar-refractivity contribution in [2.45, 2.75) is 45.3 Å². The molecule has 2 nitrogen and oxygen atoms in total. The second-order valence-electron chi connectivity index (χ2n) is 7.66. The van der Waals surface area contributed by atoms with Gasteiger partial charge in [-0.1, -0.05) is 68.4 Å². The first-order chi connectivity index (χ1) is 12.7. The number of hydrogen-bond donors (Lipinski definition) is 0. The molecule has 0 radical (unpaired) electrons. The lowest BCUT2D eigenvalue weighted by atomic mass is 9.99. The molecule has 2 aromatic carbocycles. The van der Waals surface area contributed by atoms with E-state index in [0.29, 0.717) is 12.0 Å². The van der Waals surface area contributed by atoms with Gasteiger partial charge in [0.1, 0.15) is 0 Å². The highest BCUT2D eigenvalue weighted by atomic mass is 15.2. The van der Waals surface area contributed by atoms with E-state index in [0.717, 1.165) is 19.6 Å². The Morgan fingerprint density at radius 2 is 1.65 bits per heavy atom. The molecule has 1 aliphatic rings. The van der Waals surface area contributed by atoms with Crippen LogP contribution in [0.25, 0.3) is 0 Å². The van der Waals surface area contributed by atoms with Crippen molar-refractivity contribution in [1.29, 1.82) is 0 Å². The van der Waals surface area contributed by atoms with E-state index in [1.54, 1.807) is 0 Å². The molecule has 0 saturated heterocycles. The standard InChI is InChI=1S/C24H28N2/c1-19(2)21-13-11-20(12-14-21)18-26-17-7-16-25-15-6-10-23(25)24(26)22-8-4-3-5-9-22/h3-6,8-15,19,24H,7,16-18H2,1-2H3. The van der Waals surface area contributed by atoms with Gasteiger partial charge in [-0.3, -0.25) is 4.90 Å². The molecule has 134 valence electrons. The van der Waals surface area contributed by atoms with Crippen LogP contribution in [-0.2, 0) is 13.1 Å². The first-order valence-electron chi connectivity index (χ1n) is 9.75. The van der Waals surface area contributed by atoms with Gasteiger partial charge in [-0.05, 0) is 41.2 Å². The molecule has 0 N–H and O–H groups in total. The van der Waals surface area contributed by atoms with Crippen molar-refractivity contribution in [2.75, 3.05) is 6.54 Å². The zero-order valence-corrected chi connectivity index (χ0v) is 15.8. The van der Waals surface area contributed by atoms with Crippen molar-refractivity contribution in [3.05, 3.63) is 95.3 Å². The number of benzene rings is 2. The Bertz CT molecular complexity index is 830. The molecule has 1 atom stereocenters. The van der Waals surface area contributed by atoms with Gasteiger partial charge < -0.3 is 4.57 Å². The average molecular weight is 345 g/mol. The predicted octanol–water partition coefficient (Wildman–Crippen LogP) is 5.61. The molecule has 0 fully saturated rings. The van der Waals surface area contributed by atoms with E-state index in [-0.39, 0.29) is 0 Å². The minimum absolute atomic E-state index is 0.318. The smallest absolute Gasteiger partial charge is 0.0759 e.